The molecule has 26 heavy (non-hydrogen) atoms. The van der Waals surface area contributed by atoms with Crippen molar-refractivity contribution in [2.45, 2.75) is 53.2 Å². The molecular weight excluding hydrogens is 441 g/mol. The Bertz CT molecular complexity index is 558. The number of rotatable bonds is 7. The highest BCUT2D eigenvalue weighted by molar-refractivity contribution is 14.0. The normalized spacial score (nSPS) is 15.5. The highest BCUT2D eigenvalue weighted by atomic mass is 127. The van der Waals surface area contributed by atoms with Crippen molar-refractivity contribution in [1.29, 1.82) is 0 Å². The van der Waals surface area contributed by atoms with Crippen LogP contribution < -0.4 is 10.1 Å². The molecule has 1 heterocycles. The van der Waals surface area contributed by atoms with Crippen LogP contribution in [0.5, 0.6) is 5.75 Å². The van der Waals surface area contributed by atoms with E-state index in [2.05, 4.69) is 43.1 Å². The first-order valence-corrected chi connectivity index (χ1v) is 9.55. The Morgan fingerprint density at radius 3 is 2.50 bits per heavy atom. The molecule has 1 aromatic rings. The van der Waals surface area contributed by atoms with Gasteiger partial charge in [0.2, 0.25) is 0 Å². The van der Waals surface area contributed by atoms with Gasteiger partial charge in [0.05, 0.1) is 19.3 Å². The van der Waals surface area contributed by atoms with Gasteiger partial charge in [0, 0.05) is 26.2 Å². The number of guanidine groups is 1. The molecule has 148 valence electrons. The lowest BCUT2D eigenvalue weighted by Crippen LogP contribution is -2.47. The fourth-order valence-electron chi connectivity index (χ4n) is 3.19. The minimum absolute atomic E-state index is 0. The molecule has 0 radical (unpaired) electrons. The van der Waals surface area contributed by atoms with Crippen LogP contribution in [0, 0.1) is 6.92 Å². The van der Waals surface area contributed by atoms with Crippen LogP contribution in [0.1, 0.15) is 44.7 Å². The Hall–Kier alpha value is -1.02. The molecule has 1 fully saturated rings. The molecule has 0 saturated carbocycles. The summed E-state index contributed by atoms with van der Waals surface area (Å²) in [6.07, 6.45) is 2.54. The van der Waals surface area contributed by atoms with Gasteiger partial charge in [-0.3, -0.25) is 0 Å². The second-order valence-corrected chi connectivity index (χ2v) is 6.34. The highest BCUT2D eigenvalue weighted by Gasteiger charge is 2.21. The van der Waals surface area contributed by atoms with Crippen LogP contribution in [0.25, 0.3) is 0 Å². The first-order valence-electron chi connectivity index (χ1n) is 9.55. The Labute approximate surface area is 175 Å². The largest absolute Gasteiger partial charge is 0.494 e. The number of likely N-dealkylation sites (tertiary alicyclic amines) is 1. The second-order valence-electron chi connectivity index (χ2n) is 6.34. The summed E-state index contributed by atoms with van der Waals surface area (Å²) in [4.78, 5) is 7.19. The molecule has 0 aromatic heterocycles. The molecule has 0 bridgehead atoms. The number of aryl methyl sites for hydroxylation is 1. The zero-order valence-corrected chi connectivity index (χ0v) is 18.9. The van der Waals surface area contributed by atoms with Gasteiger partial charge in [-0.15, -0.1) is 24.0 Å². The van der Waals surface area contributed by atoms with E-state index in [1.54, 1.807) is 0 Å². The van der Waals surface area contributed by atoms with E-state index in [0.29, 0.717) is 19.3 Å². The number of nitrogens with zero attached hydrogens (tertiary/aromatic N) is 2. The van der Waals surface area contributed by atoms with Gasteiger partial charge >= 0.3 is 0 Å². The van der Waals surface area contributed by atoms with Crippen molar-refractivity contribution >= 4 is 29.9 Å². The van der Waals surface area contributed by atoms with E-state index >= 15 is 0 Å². The van der Waals surface area contributed by atoms with Crippen LogP contribution in [-0.4, -0.2) is 49.8 Å². The SMILES string of the molecule is CCNC(=NCc1ccc(OCC)c(C)c1)N1CCC(OCC)CC1.I. The maximum atomic E-state index is 5.75. The average molecular weight is 475 g/mol. The Kier molecular flexibility index (Phi) is 11.0. The predicted octanol–water partition coefficient (Wildman–Crippen LogP) is 3.98. The molecule has 6 heteroatoms. The molecule has 1 aromatic carbocycles. The minimum Gasteiger partial charge on any atom is -0.494 e. The van der Waals surface area contributed by atoms with Gasteiger partial charge in [-0.25, -0.2) is 4.99 Å². The van der Waals surface area contributed by atoms with Crippen LogP contribution in [-0.2, 0) is 11.3 Å². The van der Waals surface area contributed by atoms with Gasteiger partial charge in [0.25, 0.3) is 0 Å². The maximum absolute atomic E-state index is 5.75. The second kappa shape index (κ2) is 12.4. The van der Waals surface area contributed by atoms with Gasteiger partial charge in [0.15, 0.2) is 5.96 Å². The van der Waals surface area contributed by atoms with Crippen molar-refractivity contribution in [2.24, 2.45) is 4.99 Å². The monoisotopic (exact) mass is 475 g/mol. The quantitative estimate of drug-likeness (QED) is 0.368. The molecule has 1 aliphatic rings. The minimum atomic E-state index is 0. The van der Waals surface area contributed by atoms with E-state index in [0.717, 1.165) is 56.4 Å². The van der Waals surface area contributed by atoms with Crippen LogP contribution in [0.2, 0.25) is 0 Å². The first-order chi connectivity index (χ1) is 12.2. The smallest absolute Gasteiger partial charge is 0.194 e. The molecular formula is C20H34IN3O2. The molecule has 0 atom stereocenters. The summed E-state index contributed by atoms with van der Waals surface area (Å²) in [6.45, 7) is 13.3. The van der Waals surface area contributed by atoms with Crippen LogP contribution in [0.4, 0.5) is 0 Å². The Morgan fingerprint density at radius 2 is 1.92 bits per heavy atom. The number of hydrogen-bond donors (Lipinski definition) is 1. The Morgan fingerprint density at radius 1 is 1.19 bits per heavy atom. The third-order valence-corrected chi connectivity index (χ3v) is 4.43. The van der Waals surface area contributed by atoms with E-state index < -0.39 is 0 Å². The average Bonchev–Trinajstić information content (AvgIpc) is 2.62. The molecule has 0 unspecified atom stereocenters. The van der Waals surface area contributed by atoms with Crippen LogP contribution >= 0.6 is 24.0 Å². The Balaban J connectivity index is 0.00000338. The van der Waals surface area contributed by atoms with Gasteiger partial charge in [-0.1, -0.05) is 12.1 Å². The summed E-state index contributed by atoms with van der Waals surface area (Å²) in [5.74, 6) is 1.96. The number of nitrogens with one attached hydrogen (secondary N) is 1. The third-order valence-electron chi connectivity index (χ3n) is 4.43. The number of piperidine rings is 1. The van der Waals surface area contributed by atoms with Crippen LogP contribution in [0.15, 0.2) is 23.2 Å². The third kappa shape index (κ3) is 6.95. The fraction of sp³-hybridized carbons (Fsp3) is 0.650. The topological polar surface area (TPSA) is 46.1 Å². The van der Waals surface area contributed by atoms with Crippen molar-refractivity contribution in [1.82, 2.24) is 10.2 Å². The van der Waals surface area contributed by atoms with Crippen molar-refractivity contribution in [3.05, 3.63) is 29.3 Å². The lowest BCUT2D eigenvalue weighted by Gasteiger charge is -2.34. The van der Waals surface area contributed by atoms with Gasteiger partial charge in [-0.05, 0) is 57.7 Å². The summed E-state index contributed by atoms with van der Waals surface area (Å²) in [5, 5.41) is 3.43. The lowest BCUT2D eigenvalue weighted by molar-refractivity contribution is 0.0263. The van der Waals surface area contributed by atoms with E-state index in [1.807, 2.05) is 13.0 Å². The lowest BCUT2D eigenvalue weighted by atomic mass is 10.1. The molecule has 0 aliphatic carbocycles. The van der Waals surface area contributed by atoms with Crippen LogP contribution in [0.3, 0.4) is 0 Å². The van der Waals surface area contributed by atoms with Crippen molar-refractivity contribution in [2.75, 3.05) is 32.8 Å². The van der Waals surface area contributed by atoms with Crippen molar-refractivity contribution in [3.8, 4) is 5.75 Å². The number of halogens is 1. The van der Waals surface area contributed by atoms with E-state index in [4.69, 9.17) is 14.5 Å². The molecule has 1 aliphatic heterocycles. The summed E-state index contributed by atoms with van der Waals surface area (Å²) in [6, 6.07) is 6.32. The predicted molar refractivity (Wildman–Crippen MR) is 119 cm³/mol. The van der Waals surface area contributed by atoms with Crippen molar-refractivity contribution in [3.63, 3.8) is 0 Å². The summed E-state index contributed by atoms with van der Waals surface area (Å²) in [5.41, 5.74) is 2.37. The molecule has 1 saturated heterocycles. The standard InChI is InChI=1S/C20H33N3O2.HI/c1-5-21-20(23-12-10-18(11-13-23)24-6-2)22-15-17-8-9-19(25-7-3)16(4)14-17;/h8-9,14,18H,5-7,10-13,15H2,1-4H3,(H,21,22);1H. The van der Waals surface area contributed by atoms with Gasteiger partial charge in [0.1, 0.15) is 5.75 Å². The number of ether oxygens (including phenoxy) is 2. The summed E-state index contributed by atoms with van der Waals surface area (Å²) < 4.78 is 11.4. The fourth-order valence-corrected chi connectivity index (χ4v) is 3.19. The first kappa shape index (κ1) is 23.0. The van der Waals surface area contributed by atoms with E-state index in [9.17, 15) is 0 Å². The van der Waals surface area contributed by atoms with E-state index in [1.165, 1.54) is 5.56 Å². The number of benzene rings is 1. The van der Waals surface area contributed by atoms with Crippen molar-refractivity contribution < 1.29 is 9.47 Å². The summed E-state index contributed by atoms with van der Waals surface area (Å²) >= 11 is 0. The molecule has 2 rings (SSSR count). The zero-order chi connectivity index (χ0) is 18.1. The van der Waals surface area contributed by atoms with Gasteiger partial charge < -0.3 is 19.7 Å². The maximum Gasteiger partial charge on any atom is 0.194 e. The molecule has 5 nitrogen and oxygen atoms in total. The summed E-state index contributed by atoms with van der Waals surface area (Å²) in [7, 11) is 0. The molecule has 0 amide bonds. The molecule has 1 N–H and O–H groups in total. The highest BCUT2D eigenvalue weighted by Crippen LogP contribution is 2.20. The molecule has 0 spiro atoms. The van der Waals surface area contributed by atoms with E-state index in [-0.39, 0.29) is 24.0 Å². The number of aliphatic imine (C=N–C) groups is 1. The zero-order valence-electron chi connectivity index (χ0n) is 16.6. The van der Waals surface area contributed by atoms with Gasteiger partial charge in [-0.2, -0.15) is 0 Å². The number of hydrogen-bond acceptors (Lipinski definition) is 3.